The zero-order chi connectivity index (χ0) is 19.1. The summed E-state index contributed by atoms with van der Waals surface area (Å²) >= 11 is 8.25. The molecular weight excluding hydrogens is 394 g/mol. The van der Waals surface area contributed by atoms with Crippen LogP contribution in [0.5, 0.6) is 0 Å². The topological polar surface area (TPSA) is 76.4 Å². The van der Waals surface area contributed by atoms with E-state index >= 15 is 0 Å². The fraction of sp³-hybridized carbons (Fsp3) is 0.278. The zero-order valence-corrected chi connectivity index (χ0v) is 16.6. The van der Waals surface area contributed by atoms with Gasteiger partial charge in [-0.1, -0.05) is 23.7 Å². The third-order valence-corrected chi connectivity index (χ3v) is 5.87. The lowest BCUT2D eigenvalue weighted by atomic mass is 10.0. The van der Waals surface area contributed by atoms with Crippen molar-refractivity contribution in [3.05, 3.63) is 39.7 Å². The Balaban J connectivity index is 2.49. The third-order valence-electron chi connectivity index (χ3n) is 3.21. The summed E-state index contributed by atoms with van der Waals surface area (Å²) in [4.78, 5) is 24.3. The molecule has 8 heteroatoms. The first-order chi connectivity index (χ1) is 12.5. The van der Waals surface area contributed by atoms with Gasteiger partial charge in [0.2, 0.25) is 0 Å². The van der Waals surface area contributed by atoms with E-state index in [0.29, 0.717) is 37.4 Å². The van der Waals surface area contributed by atoms with Crippen molar-refractivity contribution in [3.63, 3.8) is 0 Å². The lowest BCUT2D eigenvalue weighted by Crippen LogP contribution is -2.06. The highest BCUT2D eigenvalue weighted by Gasteiger charge is 2.25. The van der Waals surface area contributed by atoms with Crippen molar-refractivity contribution in [2.24, 2.45) is 0 Å². The first kappa shape index (κ1) is 20.3. The van der Waals surface area contributed by atoms with E-state index in [1.54, 1.807) is 38.1 Å². The molecule has 0 aliphatic rings. The number of carbonyl (C=O) groups excluding carboxylic acids is 2. The zero-order valence-electron chi connectivity index (χ0n) is 14.2. The Morgan fingerprint density at radius 3 is 2.42 bits per heavy atom. The van der Waals surface area contributed by atoms with Gasteiger partial charge in [-0.15, -0.1) is 23.1 Å². The molecule has 0 atom stereocenters. The normalized spacial score (nSPS) is 10.2. The quantitative estimate of drug-likeness (QED) is 0.484. The predicted octanol–water partition coefficient (Wildman–Crippen LogP) is 4.77. The minimum Gasteiger partial charge on any atom is -0.465 e. The van der Waals surface area contributed by atoms with Crippen LogP contribution in [0.4, 0.5) is 0 Å². The molecule has 0 amide bonds. The molecule has 0 aliphatic carbocycles. The lowest BCUT2D eigenvalue weighted by molar-refractivity contribution is -0.139. The molecule has 0 aliphatic heterocycles. The second kappa shape index (κ2) is 9.62. The Kier molecular flexibility index (Phi) is 7.51. The van der Waals surface area contributed by atoms with E-state index in [1.807, 2.05) is 0 Å². The number of nitriles is 1. The third kappa shape index (κ3) is 4.79. The molecule has 0 unspecified atom stereocenters. The minimum absolute atomic E-state index is 0.0609. The van der Waals surface area contributed by atoms with Crippen LogP contribution in [0.3, 0.4) is 0 Å². The number of halogens is 1. The number of esters is 2. The fourth-order valence-corrected chi connectivity index (χ4v) is 4.49. The number of thioether (sulfide) groups is 1. The van der Waals surface area contributed by atoms with Crippen molar-refractivity contribution in [2.45, 2.75) is 18.1 Å². The van der Waals surface area contributed by atoms with Gasteiger partial charge in [0.15, 0.2) is 0 Å². The maximum absolute atomic E-state index is 12.4. The molecule has 0 radical (unpaired) electrons. The first-order valence-corrected chi connectivity index (χ1v) is 9.98. The lowest BCUT2D eigenvalue weighted by Gasteiger charge is -2.05. The van der Waals surface area contributed by atoms with Gasteiger partial charge in [0.25, 0.3) is 0 Å². The molecule has 0 saturated carbocycles. The molecule has 1 aromatic carbocycles. The molecule has 1 heterocycles. The van der Waals surface area contributed by atoms with Crippen molar-refractivity contribution >= 4 is 46.6 Å². The summed E-state index contributed by atoms with van der Waals surface area (Å²) in [5, 5.41) is 10.2. The molecule has 5 nitrogen and oxygen atoms in total. The van der Waals surface area contributed by atoms with Gasteiger partial charge in [-0.2, -0.15) is 5.26 Å². The van der Waals surface area contributed by atoms with Crippen LogP contribution >= 0.6 is 34.7 Å². The van der Waals surface area contributed by atoms with E-state index in [2.05, 4.69) is 6.07 Å². The summed E-state index contributed by atoms with van der Waals surface area (Å²) in [5.41, 5.74) is 1.53. The Morgan fingerprint density at radius 2 is 1.85 bits per heavy atom. The van der Waals surface area contributed by atoms with Gasteiger partial charge >= 0.3 is 11.9 Å². The van der Waals surface area contributed by atoms with Gasteiger partial charge in [-0.25, -0.2) is 4.79 Å². The molecule has 0 spiro atoms. The smallest absolute Gasteiger partial charge is 0.349 e. The summed E-state index contributed by atoms with van der Waals surface area (Å²) < 4.78 is 10.6. The largest absolute Gasteiger partial charge is 0.465 e. The number of rotatable bonds is 7. The standard InChI is InChI=1S/C18H16ClNO4S2/c1-3-23-14(21)10-25-18-13(9-20)15(11-5-7-12(19)8-6-11)16(26-18)17(22)24-4-2/h5-8H,3-4,10H2,1-2H3. The van der Waals surface area contributed by atoms with E-state index in [-0.39, 0.29) is 18.3 Å². The highest BCUT2D eigenvalue weighted by molar-refractivity contribution is 8.01. The number of thiophene rings is 1. The molecule has 136 valence electrons. The summed E-state index contributed by atoms with van der Waals surface area (Å²) in [7, 11) is 0. The maximum atomic E-state index is 12.4. The molecule has 0 fully saturated rings. The molecular formula is C18H16ClNO4S2. The van der Waals surface area contributed by atoms with Crippen LogP contribution in [0.15, 0.2) is 28.5 Å². The summed E-state index contributed by atoms with van der Waals surface area (Å²) in [6.07, 6.45) is 0. The SMILES string of the molecule is CCOC(=O)CSc1sc(C(=O)OCC)c(-c2ccc(Cl)cc2)c1C#N. The second-order valence-corrected chi connectivity index (χ2v) is 7.60. The van der Waals surface area contributed by atoms with Crippen molar-refractivity contribution in [3.8, 4) is 17.2 Å². The van der Waals surface area contributed by atoms with Crippen LogP contribution in [0.1, 0.15) is 29.1 Å². The Morgan fingerprint density at radius 1 is 1.19 bits per heavy atom. The van der Waals surface area contributed by atoms with Gasteiger partial charge in [-0.05, 0) is 31.5 Å². The number of carbonyl (C=O) groups is 2. The van der Waals surface area contributed by atoms with E-state index in [1.165, 1.54) is 11.8 Å². The van der Waals surface area contributed by atoms with Crippen molar-refractivity contribution < 1.29 is 19.1 Å². The monoisotopic (exact) mass is 409 g/mol. The van der Waals surface area contributed by atoms with E-state index in [4.69, 9.17) is 21.1 Å². The Hall–Kier alpha value is -2.01. The highest BCUT2D eigenvalue weighted by Crippen LogP contribution is 2.42. The Bertz CT molecular complexity index is 840. The van der Waals surface area contributed by atoms with Crippen LogP contribution in [-0.2, 0) is 14.3 Å². The van der Waals surface area contributed by atoms with Crippen molar-refractivity contribution in [1.82, 2.24) is 0 Å². The number of nitrogens with zero attached hydrogens (tertiary/aromatic N) is 1. The van der Waals surface area contributed by atoms with Crippen LogP contribution in [0.2, 0.25) is 5.02 Å². The molecule has 0 saturated heterocycles. The first-order valence-electron chi connectivity index (χ1n) is 7.80. The van der Waals surface area contributed by atoms with Gasteiger partial charge in [-0.3, -0.25) is 4.79 Å². The molecule has 2 rings (SSSR count). The highest BCUT2D eigenvalue weighted by atomic mass is 35.5. The van der Waals surface area contributed by atoms with E-state index < -0.39 is 5.97 Å². The van der Waals surface area contributed by atoms with Gasteiger partial charge in [0.05, 0.1) is 28.7 Å². The molecule has 26 heavy (non-hydrogen) atoms. The number of hydrogen-bond acceptors (Lipinski definition) is 7. The Labute approximate surface area is 164 Å². The summed E-state index contributed by atoms with van der Waals surface area (Å²) in [6, 6.07) is 9.02. The second-order valence-electron chi connectivity index (χ2n) is 4.90. The van der Waals surface area contributed by atoms with Gasteiger partial charge in [0, 0.05) is 10.6 Å². The minimum atomic E-state index is -0.498. The van der Waals surface area contributed by atoms with Crippen molar-refractivity contribution in [2.75, 3.05) is 19.0 Å². The van der Waals surface area contributed by atoms with Crippen LogP contribution in [0, 0.1) is 11.3 Å². The average molecular weight is 410 g/mol. The summed E-state index contributed by atoms with van der Waals surface area (Å²) in [6.45, 7) is 3.96. The van der Waals surface area contributed by atoms with Crippen molar-refractivity contribution in [1.29, 1.82) is 5.26 Å². The molecule has 2 aromatic rings. The molecule has 0 N–H and O–H groups in total. The van der Waals surface area contributed by atoms with Gasteiger partial charge < -0.3 is 9.47 Å². The van der Waals surface area contributed by atoms with Crippen LogP contribution in [-0.4, -0.2) is 30.9 Å². The number of ether oxygens (including phenoxy) is 2. The molecule has 0 bridgehead atoms. The van der Waals surface area contributed by atoms with Crippen LogP contribution in [0.25, 0.3) is 11.1 Å². The number of benzene rings is 1. The maximum Gasteiger partial charge on any atom is 0.349 e. The predicted molar refractivity (Wildman–Crippen MR) is 103 cm³/mol. The molecule has 1 aromatic heterocycles. The fourth-order valence-electron chi connectivity index (χ4n) is 2.17. The average Bonchev–Trinajstić information content (AvgIpc) is 3.00. The van der Waals surface area contributed by atoms with E-state index in [9.17, 15) is 14.9 Å². The van der Waals surface area contributed by atoms with E-state index in [0.717, 1.165) is 11.3 Å². The number of hydrogen-bond donors (Lipinski definition) is 0. The van der Waals surface area contributed by atoms with Crippen LogP contribution < -0.4 is 0 Å². The van der Waals surface area contributed by atoms with Gasteiger partial charge in [0.1, 0.15) is 10.9 Å². The summed E-state index contributed by atoms with van der Waals surface area (Å²) in [5.74, 6) is -0.812.